The van der Waals surface area contributed by atoms with E-state index in [2.05, 4.69) is 44.1 Å². The average molecular weight is 254 g/mol. The number of ether oxygens (including phenoxy) is 1. The largest absolute Gasteiger partial charge is 0.461 e. The first-order chi connectivity index (χ1) is 7.70. The normalized spacial score (nSPS) is 12.6. The highest BCUT2D eigenvalue weighted by Gasteiger charge is 2.38. The van der Waals surface area contributed by atoms with E-state index in [1.54, 1.807) is 6.92 Å². The molecule has 0 atom stereocenters. The van der Waals surface area contributed by atoms with Crippen LogP contribution in [0.15, 0.2) is 6.07 Å². The number of hydrogen-bond donors (Lipinski definition) is 1. The molecule has 0 fully saturated rings. The van der Waals surface area contributed by atoms with E-state index in [-0.39, 0.29) is 11.0 Å². The van der Waals surface area contributed by atoms with Gasteiger partial charge in [-0.15, -0.1) is 0 Å². The van der Waals surface area contributed by atoms with Crippen molar-refractivity contribution in [1.82, 2.24) is 10.2 Å². The highest BCUT2D eigenvalue weighted by Crippen LogP contribution is 2.35. The first-order valence-corrected chi connectivity index (χ1v) is 8.93. The second kappa shape index (κ2) is 4.64. The minimum absolute atomic E-state index is 0.214. The lowest BCUT2D eigenvalue weighted by Crippen LogP contribution is -2.50. The Labute approximate surface area is 104 Å². The molecule has 1 aromatic rings. The average Bonchev–Trinajstić information content (AvgIpc) is 2.65. The van der Waals surface area contributed by atoms with Crippen molar-refractivity contribution in [2.45, 2.75) is 45.8 Å². The van der Waals surface area contributed by atoms with Crippen molar-refractivity contribution in [2.75, 3.05) is 6.61 Å². The van der Waals surface area contributed by atoms with Crippen LogP contribution in [0.5, 0.6) is 0 Å². The number of hydrogen-bond acceptors (Lipinski definition) is 3. The Morgan fingerprint density at radius 3 is 2.53 bits per heavy atom. The summed E-state index contributed by atoms with van der Waals surface area (Å²) in [7, 11) is -1.65. The molecule has 0 aliphatic heterocycles. The number of H-pyrrole nitrogens is 1. The minimum Gasteiger partial charge on any atom is -0.461 e. The van der Waals surface area contributed by atoms with Crippen LogP contribution < -0.4 is 5.32 Å². The van der Waals surface area contributed by atoms with Crippen molar-refractivity contribution in [3.8, 4) is 0 Å². The molecule has 0 saturated carbocycles. The Balaban J connectivity index is 2.99. The van der Waals surface area contributed by atoms with Gasteiger partial charge in [0.05, 0.1) is 6.61 Å². The van der Waals surface area contributed by atoms with E-state index in [9.17, 15) is 4.79 Å². The van der Waals surface area contributed by atoms with Crippen molar-refractivity contribution in [2.24, 2.45) is 0 Å². The van der Waals surface area contributed by atoms with Crippen molar-refractivity contribution in [3.05, 3.63) is 11.8 Å². The van der Waals surface area contributed by atoms with Crippen molar-refractivity contribution >= 4 is 19.4 Å². The Morgan fingerprint density at radius 2 is 2.06 bits per heavy atom. The van der Waals surface area contributed by atoms with Crippen molar-refractivity contribution in [1.29, 1.82) is 0 Å². The van der Waals surface area contributed by atoms with E-state index in [4.69, 9.17) is 4.74 Å². The predicted molar refractivity (Wildman–Crippen MR) is 71.4 cm³/mol. The predicted octanol–water partition coefficient (Wildman–Crippen LogP) is 2.30. The number of carbonyl (C=O) groups excluding carboxylic acids is 1. The lowest BCUT2D eigenvalue weighted by Gasteiger charge is -2.35. The highest BCUT2D eigenvalue weighted by atomic mass is 28.3. The molecule has 0 bridgehead atoms. The van der Waals surface area contributed by atoms with Gasteiger partial charge in [0.1, 0.15) is 8.07 Å². The maximum absolute atomic E-state index is 11.5. The zero-order valence-electron chi connectivity index (χ0n) is 11.5. The molecule has 0 spiro atoms. The van der Waals surface area contributed by atoms with Gasteiger partial charge in [-0.2, -0.15) is 5.10 Å². The van der Waals surface area contributed by atoms with Gasteiger partial charge in [-0.25, -0.2) is 4.79 Å². The fraction of sp³-hybridized carbons (Fsp3) is 0.667. The van der Waals surface area contributed by atoms with Crippen LogP contribution in [-0.4, -0.2) is 30.8 Å². The maximum Gasteiger partial charge on any atom is 0.358 e. The summed E-state index contributed by atoms with van der Waals surface area (Å²) in [4.78, 5) is 11.5. The summed E-state index contributed by atoms with van der Waals surface area (Å²) in [6.07, 6.45) is 0. The lowest BCUT2D eigenvalue weighted by molar-refractivity contribution is 0.0519. The van der Waals surface area contributed by atoms with Gasteiger partial charge in [0.15, 0.2) is 5.69 Å². The van der Waals surface area contributed by atoms with Crippen LogP contribution in [0, 0.1) is 0 Å². The third-order valence-corrected chi connectivity index (χ3v) is 8.96. The van der Waals surface area contributed by atoms with Gasteiger partial charge in [-0.05, 0) is 18.0 Å². The Kier molecular flexibility index (Phi) is 3.81. The summed E-state index contributed by atoms with van der Waals surface area (Å²) in [5.41, 5.74) is 0.381. The van der Waals surface area contributed by atoms with Gasteiger partial charge < -0.3 is 4.74 Å². The molecule has 0 aliphatic rings. The molecule has 0 aliphatic carbocycles. The van der Waals surface area contributed by atoms with Crippen molar-refractivity contribution in [3.63, 3.8) is 0 Å². The quantitative estimate of drug-likeness (QED) is 0.665. The lowest BCUT2D eigenvalue weighted by atomic mass is 10.2. The summed E-state index contributed by atoms with van der Waals surface area (Å²) in [5.74, 6) is -0.353. The third-order valence-electron chi connectivity index (χ3n) is 3.61. The smallest absolute Gasteiger partial charge is 0.358 e. The summed E-state index contributed by atoms with van der Waals surface area (Å²) in [5, 5.41) is 8.36. The summed E-state index contributed by atoms with van der Waals surface area (Å²) in [6, 6.07) is 1.84. The standard InChI is InChI=1S/C12H22N2O2Si/c1-7-16-11(15)9-8-10(14-13-9)17(5,6)12(2,3)4/h8H,7H2,1-6H3,(H,13,14). The van der Waals surface area contributed by atoms with Crippen molar-refractivity contribution < 1.29 is 9.53 Å². The second-order valence-corrected chi connectivity index (χ2v) is 11.1. The van der Waals surface area contributed by atoms with E-state index in [0.717, 1.165) is 5.32 Å². The zero-order valence-corrected chi connectivity index (χ0v) is 12.5. The van der Waals surface area contributed by atoms with Gasteiger partial charge in [-0.1, -0.05) is 33.9 Å². The van der Waals surface area contributed by atoms with E-state index < -0.39 is 8.07 Å². The molecule has 0 radical (unpaired) electrons. The van der Waals surface area contributed by atoms with Gasteiger partial charge >= 0.3 is 5.97 Å². The monoisotopic (exact) mass is 254 g/mol. The SMILES string of the molecule is CCOC(=O)c1cc([Si](C)(C)C(C)(C)C)[nH]n1. The Morgan fingerprint density at radius 1 is 1.47 bits per heavy atom. The van der Waals surface area contributed by atoms with E-state index in [1.807, 2.05) is 6.07 Å². The highest BCUT2D eigenvalue weighted by molar-refractivity contribution is 6.91. The fourth-order valence-corrected chi connectivity index (χ4v) is 3.00. The molecule has 1 rings (SSSR count). The van der Waals surface area contributed by atoms with E-state index in [1.165, 1.54) is 0 Å². The molecule has 4 nitrogen and oxygen atoms in total. The summed E-state index contributed by atoms with van der Waals surface area (Å²) >= 11 is 0. The van der Waals surface area contributed by atoms with E-state index in [0.29, 0.717) is 12.3 Å². The van der Waals surface area contributed by atoms with Gasteiger partial charge in [0.2, 0.25) is 0 Å². The molecule has 5 heteroatoms. The summed E-state index contributed by atoms with van der Waals surface area (Å²) < 4.78 is 4.93. The molecule has 17 heavy (non-hydrogen) atoms. The van der Waals surface area contributed by atoms with Crippen LogP contribution >= 0.6 is 0 Å². The molecule has 0 aromatic carbocycles. The molecule has 1 aromatic heterocycles. The molecular weight excluding hydrogens is 232 g/mol. The van der Waals surface area contributed by atoms with E-state index >= 15 is 0 Å². The number of aromatic nitrogens is 2. The number of nitrogens with one attached hydrogen (secondary N) is 1. The van der Waals surface area contributed by atoms with Crippen LogP contribution in [0.4, 0.5) is 0 Å². The number of nitrogens with zero attached hydrogens (tertiary/aromatic N) is 1. The number of esters is 1. The third kappa shape index (κ3) is 2.77. The zero-order chi connectivity index (χ0) is 13.3. The first kappa shape index (κ1) is 14.0. The molecule has 1 heterocycles. The Bertz CT molecular complexity index is 405. The molecule has 0 unspecified atom stereocenters. The molecule has 0 amide bonds. The van der Waals surface area contributed by atoms with Crippen LogP contribution in [0.2, 0.25) is 18.1 Å². The Hall–Kier alpha value is -1.10. The second-order valence-electron chi connectivity index (χ2n) is 5.76. The summed E-state index contributed by atoms with van der Waals surface area (Å²) in [6.45, 7) is 13.4. The van der Waals surface area contributed by atoms with Gasteiger partial charge in [0, 0.05) is 5.32 Å². The number of rotatable bonds is 3. The number of carbonyl (C=O) groups is 1. The molecule has 0 saturated heterocycles. The minimum atomic E-state index is -1.65. The van der Waals surface area contributed by atoms with Crippen LogP contribution in [0.3, 0.4) is 0 Å². The fourth-order valence-electron chi connectivity index (χ4n) is 1.36. The number of aromatic amines is 1. The molecule has 1 N–H and O–H groups in total. The topological polar surface area (TPSA) is 55.0 Å². The van der Waals surface area contributed by atoms with Gasteiger partial charge in [-0.3, -0.25) is 5.10 Å². The maximum atomic E-state index is 11.5. The first-order valence-electron chi connectivity index (χ1n) is 5.93. The van der Waals surface area contributed by atoms with Crippen LogP contribution in [0.1, 0.15) is 38.2 Å². The molecular formula is C12H22N2O2Si. The van der Waals surface area contributed by atoms with Gasteiger partial charge in [0.25, 0.3) is 0 Å². The molecule has 96 valence electrons. The van der Waals surface area contributed by atoms with Crippen LogP contribution in [-0.2, 0) is 4.74 Å². The van der Waals surface area contributed by atoms with Crippen LogP contribution in [0.25, 0.3) is 0 Å².